The second kappa shape index (κ2) is 5.84. The molecule has 0 bridgehead atoms. The monoisotopic (exact) mass is 322 g/mol. The number of fused-ring (bicyclic) bond motifs is 1. The van der Waals surface area contributed by atoms with Crippen LogP contribution in [0.3, 0.4) is 0 Å². The molecule has 19 heavy (non-hydrogen) atoms. The molecule has 0 spiro atoms. The third-order valence-corrected chi connectivity index (χ3v) is 5.24. The summed E-state index contributed by atoms with van der Waals surface area (Å²) < 4.78 is 0. The van der Waals surface area contributed by atoms with Crippen LogP contribution in [0.15, 0.2) is 24.3 Å². The fraction of sp³-hybridized carbons (Fsp3) is 0.625. The van der Waals surface area contributed by atoms with Crippen molar-refractivity contribution in [2.24, 2.45) is 0 Å². The largest absolute Gasteiger partial charge is 0.366 e. The molecule has 3 rings (SSSR count). The van der Waals surface area contributed by atoms with Gasteiger partial charge in [-0.3, -0.25) is 4.90 Å². The van der Waals surface area contributed by atoms with Gasteiger partial charge in [-0.05, 0) is 37.9 Å². The molecular formula is C16H23BrN2. The number of alkyl halides is 1. The number of para-hydroxylation sites is 1. The minimum absolute atomic E-state index is 0.620. The van der Waals surface area contributed by atoms with E-state index in [0.29, 0.717) is 6.04 Å². The smallest absolute Gasteiger partial charge is 0.0410 e. The van der Waals surface area contributed by atoms with Crippen molar-refractivity contribution in [3.63, 3.8) is 0 Å². The van der Waals surface area contributed by atoms with E-state index in [1.807, 2.05) is 0 Å². The Balaban J connectivity index is 1.83. The summed E-state index contributed by atoms with van der Waals surface area (Å²) in [4.78, 5) is 5.34. The summed E-state index contributed by atoms with van der Waals surface area (Å²) in [6, 6.07) is 10.2. The van der Waals surface area contributed by atoms with E-state index in [4.69, 9.17) is 0 Å². The number of hydrogen-bond acceptors (Lipinski definition) is 2. The van der Waals surface area contributed by atoms with Crippen molar-refractivity contribution < 1.29 is 0 Å². The lowest BCUT2D eigenvalue weighted by Gasteiger charge is -2.48. The number of hydrogen-bond donors (Lipinski definition) is 0. The lowest BCUT2D eigenvalue weighted by Crippen LogP contribution is -2.59. The predicted molar refractivity (Wildman–Crippen MR) is 85.1 cm³/mol. The molecule has 2 aliphatic heterocycles. The van der Waals surface area contributed by atoms with Crippen LogP contribution in [0, 0.1) is 0 Å². The number of piperidine rings is 1. The quantitative estimate of drug-likeness (QED) is 0.767. The molecular weight excluding hydrogens is 300 g/mol. The van der Waals surface area contributed by atoms with E-state index in [-0.39, 0.29) is 0 Å². The Morgan fingerprint density at radius 1 is 1.21 bits per heavy atom. The fourth-order valence-electron chi connectivity index (χ4n) is 3.59. The Labute approximate surface area is 124 Å². The number of piperazine rings is 1. The summed E-state index contributed by atoms with van der Waals surface area (Å²) >= 11 is 3.63. The zero-order chi connectivity index (χ0) is 13.2. The zero-order valence-corrected chi connectivity index (χ0v) is 13.3. The molecule has 0 radical (unpaired) electrons. The summed E-state index contributed by atoms with van der Waals surface area (Å²) in [6.07, 6.45) is 4.17. The van der Waals surface area contributed by atoms with E-state index < -0.39 is 0 Å². The predicted octanol–water partition coefficient (Wildman–Crippen LogP) is 3.64. The first-order valence-electron chi connectivity index (χ1n) is 7.44. The van der Waals surface area contributed by atoms with Crippen LogP contribution in [-0.2, 0) is 5.33 Å². The van der Waals surface area contributed by atoms with E-state index in [1.54, 1.807) is 0 Å². The highest BCUT2D eigenvalue weighted by molar-refractivity contribution is 9.08. The standard InChI is InChI=1S/C16H23BrN2/c1-13-11-18-9-5-4-7-15(18)12-19(13)16-8-3-2-6-14(16)10-17/h2-3,6,8,13,15H,4-5,7,9-12H2,1H3. The molecule has 0 saturated carbocycles. The van der Waals surface area contributed by atoms with Gasteiger partial charge in [-0.15, -0.1) is 0 Å². The molecule has 3 heteroatoms. The summed E-state index contributed by atoms with van der Waals surface area (Å²) in [5.74, 6) is 0. The maximum absolute atomic E-state index is 3.63. The van der Waals surface area contributed by atoms with Gasteiger partial charge in [0, 0.05) is 36.2 Å². The van der Waals surface area contributed by atoms with Crippen molar-refractivity contribution in [3.05, 3.63) is 29.8 Å². The molecule has 0 aromatic heterocycles. The van der Waals surface area contributed by atoms with Gasteiger partial charge >= 0.3 is 0 Å². The van der Waals surface area contributed by atoms with Gasteiger partial charge in [0.15, 0.2) is 0 Å². The van der Waals surface area contributed by atoms with Crippen molar-refractivity contribution in [2.45, 2.75) is 43.6 Å². The first-order chi connectivity index (χ1) is 9.29. The van der Waals surface area contributed by atoms with Gasteiger partial charge < -0.3 is 4.90 Å². The highest BCUT2D eigenvalue weighted by Crippen LogP contribution is 2.30. The maximum atomic E-state index is 3.63. The average molecular weight is 323 g/mol. The van der Waals surface area contributed by atoms with Gasteiger partial charge in [0.1, 0.15) is 0 Å². The van der Waals surface area contributed by atoms with Crippen LogP contribution in [0.2, 0.25) is 0 Å². The minimum atomic E-state index is 0.620. The van der Waals surface area contributed by atoms with Crippen LogP contribution in [0.5, 0.6) is 0 Å². The van der Waals surface area contributed by atoms with Crippen LogP contribution >= 0.6 is 15.9 Å². The van der Waals surface area contributed by atoms with E-state index in [1.165, 1.54) is 50.1 Å². The average Bonchev–Trinajstić information content (AvgIpc) is 2.46. The van der Waals surface area contributed by atoms with E-state index in [0.717, 1.165) is 11.4 Å². The van der Waals surface area contributed by atoms with Crippen LogP contribution in [0.1, 0.15) is 31.7 Å². The molecule has 2 aliphatic rings. The Morgan fingerprint density at radius 2 is 2.05 bits per heavy atom. The lowest BCUT2D eigenvalue weighted by molar-refractivity contribution is 0.115. The third kappa shape index (κ3) is 2.68. The van der Waals surface area contributed by atoms with Gasteiger partial charge in [0.2, 0.25) is 0 Å². The number of halogens is 1. The summed E-state index contributed by atoms with van der Waals surface area (Å²) in [5, 5.41) is 0.945. The van der Waals surface area contributed by atoms with Gasteiger partial charge in [-0.25, -0.2) is 0 Å². The molecule has 104 valence electrons. The molecule has 2 heterocycles. The van der Waals surface area contributed by atoms with Crippen LogP contribution in [0.25, 0.3) is 0 Å². The zero-order valence-electron chi connectivity index (χ0n) is 11.7. The highest BCUT2D eigenvalue weighted by atomic mass is 79.9. The molecule has 2 nitrogen and oxygen atoms in total. The number of anilines is 1. The summed E-state index contributed by atoms with van der Waals surface area (Å²) in [6.45, 7) is 6.10. The Hall–Kier alpha value is -0.540. The SMILES string of the molecule is CC1CN2CCCCC2CN1c1ccccc1CBr. The second-order valence-corrected chi connectivity index (χ2v) is 6.47. The van der Waals surface area contributed by atoms with Crippen LogP contribution < -0.4 is 4.90 Å². The van der Waals surface area contributed by atoms with Crippen molar-refractivity contribution in [1.29, 1.82) is 0 Å². The molecule has 2 unspecified atom stereocenters. The lowest BCUT2D eigenvalue weighted by atomic mass is 9.96. The fourth-order valence-corrected chi connectivity index (χ4v) is 4.07. The molecule has 2 fully saturated rings. The molecule has 0 N–H and O–H groups in total. The van der Waals surface area contributed by atoms with Gasteiger partial charge in [-0.2, -0.15) is 0 Å². The van der Waals surface area contributed by atoms with Crippen LogP contribution in [0.4, 0.5) is 5.69 Å². The Kier molecular flexibility index (Phi) is 4.13. The molecule has 0 amide bonds. The molecule has 1 aromatic carbocycles. The molecule has 2 saturated heterocycles. The number of benzene rings is 1. The minimum Gasteiger partial charge on any atom is -0.366 e. The first-order valence-corrected chi connectivity index (χ1v) is 8.56. The van der Waals surface area contributed by atoms with Crippen molar-refractivity contribution >= 4 is 21.6 Å². The van der Waals surface area contributed by atoms with Crippen molar-refractivity contribution in [2.75, 3.05) is 24.5 Å². The molecule has 0 aliphatic carbocycles. The normalized spacial score (nSPS) is 28.2. The van der Waals surface area contributed by atoms with E-state index >= 15 is 0 Å². The summed E-state index contributed by atoms with van der Waals surface area (Å²) in [5.41, 5.74) is 2.84. The Morgan fingerprint density at radius 3 is 2.89 bits per heavy atom. The third-order valence-electron chi connectivity index (χ3n) is 4.63. The van der Waals surface area contributed by atoms with Crippen molar-refractivity contribution in [3.8, 4) is 0 Å². The van der Waals surface area contributed by atoms with Crippen LogP contribution in [-0.4, -0.2) is 36.6 Å². The highest BCUT2D eigenvalue weighted by Gasteiger charge is 2.33. The number of nitrogens with zero attached hydrogens (tertiary/aromatic N) is 2. The van der Waals surface area contributed by atoms with E-state index in [9.17, 15) is 0 Å². The van der Waals surface area contributed by atoms with E-state index in [2.05, 4.69) is 56.9 Å². The maximum Gasteiger partial charge on any atom is 0.0410 e. The van der Waals surface area contributed by atoms with Crippen molar-refractivity contribution in [1.82, 2.24) is 4.90 Å². The molecule has 1 aromatic rings. The molecule has 2 atom stereocenters. The first kappa shape index (κ1) is 13.4. The number of rotatable bonds is 2. The second-order valence-electron chi connectivity index (χ2n) is 5.91. The topological polar surface area (TPSA) is 6.48 Å². The van der Waals surface area contributed by atoms with Gasteiger partial charge in [0.05, 0.1) is 0 Å². The summed E-state index contributed by atoms with van der Waals surface area (Å²) in [7, 11) is 0. The van der Waals surface area contributed by atoms with Gasteiger partial charge in [-0.1, -0.05) is 40.5 Å². The van der Waals surface area contributed by atoms with Gasteiger partial charge in [0.25, 0.3) is 0 Å². The Bertz CT molecular complexity index is 435.